The summed E-state index contributed by atoms with van der Waals surface area (Å²) in [4.78, 5) is 11.2. The Morgan fingerprint density at radius 3 is 2.15 bits per heavy atom. The van der Waals surface area contributed by atoms with E-state index < -0.39 is 25.9 Å². The minimum Gasteiger partial charge on any atom is -0.326 e. The van der Waals surface area contributed by atoms with Gasteiger partial charge >= 0.3 is 0 Å². The summed E-state index contributed by atoms with van der Waals surface area (Å²) >= 11 is 0. The Kier molecular flexibility index (Phi) is 6.40. The van der Waals surface area contributed by atoms with E-state index in [9.17, 15) is 21.6 Å². The van der Waals surface area contributed by atoms with Crippen molar-refractivity contribution in [1.29, 1.82) is 0 Å². The molecule has 0 aliphatic rings. The van der Waals surface area contributed by atoms with Crippen molar-refractivity contribution in [3.63, 3.8) is 0 Å². The largest absolute Gasteiger partial charge is 0.326 e. The maximum atomic E-state index is 12.6. The summed E-state index contributed by atoms with van der Waals surface area (Å²) in [6.07, 6.45) is 1.39. The van der Waals surface area contributed by atoms with E-state index in [4.69, 9.17) is 0 Å². The van der Waals surface area contributed by atoms with E-state index in [0.29, 0.717) is 17.7 Å². The first-order valence-corrected chi connectivity index (χ1v) is 11.6. The number of amides is 1. The zero-order valence-electron chi connectivity index (χ0n) is 15.3. The minimum atomic E-state index is -3.91. The van der Waals surface area contributed by atoms with E-state index in [1.54, 1.807) is 38.1 Å². The first kappa shape index (κ1) is 21.1. The highest BCUT2D eigenvalue weighted by Gasteiger charge is 2.20. The molecule has 0 radical (unpaired) electrons. The molecular weight excluding hydrogens is 388 g/mol. The SMILES string of the molecule is CCC(=O)Nc1ccc(C(C)NS(=O)(=O)c2cccc(S(C)(=O)=O)c2)cc1. The number of carbonyl (C=O) groups is 1. The van der Waals surface area contributed by atoms with Gasteiger partial charge in [-0.1, -0.05) is 25.1 Å². The predicted octanol–water partition coefficient (Wildman–Crippen LogP) is 2.48. The lowest BCUT2D eigenvalue weighted by Gasteiger charge is -2.16. The quantitative estimate of drug-likeness (QED) is 0.729. The monoisotopic (exact) mass is 410 g/mol. The number of hydrogen-bond donors (Lipinski definition) is 2. The number of carbonyl (C=O) groups excluding carboxylic acids is 1. The van der Waals surface area contributed by atoms with Crippen LogP contribution in [0.25, 0.3) is 0 Å². The van der Waals surface area contributed by atoms with Crippen LogP contribution in [0.1, 0.15) is 31.9 Å². The Balaban J connectivity index is 2.19. The van der Waals surface area contributed by atoms with Gasteiger partial charge in [0.15, 0.2) is 9.84 Å². The average molecular weight is 411 g/mol. The summed E-state index contributed by atoms with van der Waals surface area (Å²) in [6, 6.07) is 11.5. The standard InChI is InChI=1S/C18H22N2O5S2/c1-4-18(21)19-15-10-8-14(9-11-15)13(2)20-27(24,25)17-7-5-6-16(12-17)26(3,22)23/h5-13,20H,4H2,1-3H3,(H,19,21). The third-order valence-corrected chi connectivity index (χ3v) is 6.54. The van der Waals surface area contributed by atoms with Gasteiger partial charge in [-0.05, 0) is 42.8 Å². The van der Waals surface area contributed by atoms with E-state index in [1.807, 2.05) is 0 Å². The number of anilines is 1. The van der Waals surface area contributed by atoms with Crippen LogP contribution < -0.4 is 10.0 Å². The Morgan fingerprint density at radius 2 is 1.59 bits per heavy atom. The van der Waals surface area contributed by atoms with Gasteiger partial charge in [-0.2, -0.15) is 0 Å². The zero-order valence-corrected chi connectivity index (χ0v) is 16.9. The molecule has 0 spiro atoms. The van der Waals surface area contributed by atoms with Crippen molar-refractivity contribution in [1.82, 2.24) is 4.72 Å². The number of sulfonamides is 1. The fraction of sp³-hybridized carbons (Fsp3) is 0.278. The third kappa shape index (κ3) is 5.62. The molecule has 0 saturated carbocycles. The number of nitrogens with one attached hydrogen (secondary N) is 2. The number of hydrogen-bond acceptors (Lipinski definition) is 5. The lowest BCUT2D eigenvalue weighted by molar-refractivity contribution is -0.115. The Morgan fingerprint density at radius 1 is 1.00 bits per heavy atom. The highest BCUT2D eigenvalue weighted by Crippen LogP contribution is 2.21. The molecule has 0 aromatic heterocycles. The summed E-state index contributed by atoms with van der Waals surface area (Å²) < 4.78 is 51.0. The molecule has 2 aromatic rings. The second-order valence-electron chi connectivity index (χ2n) is 6.11. The maximum Gasteiger partial charge on any atom is 0.241 e. The van der Waals surface area contributed by atoms with Gasteiger partial charge in [0, 0.05) is 24.4 Å². The van der Waals surface area contributed by atoms with Crippen molar-refractivity contribution < 1.29 is 21.6 Å². The molecule has 0 saturated heterocycles. The Hall–Kier alpha value is -2.23. The van der Waals surface area contributed by atoms with Crippen LogP contribution in [0.3, 0.4) is 0 Å². The first-order chi connectivity index (χ1) is 12.5. The molecule has 0 bridgehead atoms. The lowest BCUT2D eigenvalue weighted by Crippen LogP contribution is -2.27. The Bertz CT molecular complexity index is 1030. The van der Waals surface area contributed by atoms with Crippen molar-refractivity contribution in [3.8, 4) is 0 Å². The van der Waals surface area contributed by atoms with E-state index in [-0.39, 0.29) is 15.7 Å². The molecule has 0 aliphatic heterocycles. The van der Waals surface area contributed by atoms with Gasteiger partial charge in [0.2, 0.25) is 15.9 Å². The van der Waals surface area contributed by atoms with Crippen molar-refractivity contribution in [2.24, 2.45) is 0 Å². The summed E-state index contributed by atoms with van der Waals surface area (Å²) in [6.45, 7) is 3.43. The van der Waals surface area contributed by atoms with Gasteiger partial charge in [-0.15, -0.1) is 0 Å². The summed E-state index contributed by atoms with van der Waals surface area (Å²) in [7, 11) is -7.42. The second-order valence-corrected chi connectivity index (χ2v) is 9.84. The van der Waals surface area contributed by atoms with Crippen molar-refractivity contribution in [2.75, 3.05) is 11.6 Å². The molecule has 2 N–H and O–H groups in total. The highest BCUT2D eigenvalue weighted by molar-refractivity contribution is 7.91. The summed E-state index contributed by atoms with van der Waals surface area (Å²) in [5, 5.41) is 2.72. The molecule has 7 nitrogen and oxygen atoms in total. The average Bonchev–Trinajstić information content (AvgIpc) is 2.61. The molecule has 9 heteroatoms. The fourth-order valence-corrected chi connectivity index (χ4v) is 4.36. The second kappa shape index (κ2) is 8.20. The number of sulfone groups is 1. The molecule has 27 heavy (non-hydrogen) atoms. The van der Waals surface area contributed by atoms with Gasteiger partial charge in [-0.3, -0.25) is 4.79 Å². The van der Waals surface area contributed by atoms with Crippen molar-refractivity contribution in [3.05, 3.63) is 54.1 Å². The van der Waals surface area contributed by atoms with E-state index in [2.05, 4.69) is 10.0 Å². The molecular formula is C18H22N2O5S2. The van der Waals surface area contributed by atoms with Crippen LogP contribution in [-0.4, -0.2) is 29.0 Å². The van der Waals surface area contributed by atoms with Crippen LogP contribution in [-0.2, 0) is 24.7 Å². The van der Waals surface area contributed by atoms with Gasteiger partial charge in [-0.25, -0.2) is 21.6 Å². The molecule has 146 valence electrons. The lowest BCUT2D eigenvalue weighted by atomic mass is 10.1. The van der Waals surface area contributed by atoms with Crippen LogP contribution >= 0.6 is 0 Å². The number of benzene rings is 2. The predicted molar refractivity (Wildman–Crippen MR) is 104 cm³/mol. The Labute approximate surface area is 159 Å². The number of rotatable bonds is 7. The van der Waals surface area contributed by atoms with Gasteiger partial charge in [0.05, 0.1) is 9.79 Å². The molecule has 0 fully saturated rings. The van der Waals surface area contributed by atoms with Crippen LogP contribution in [0.5, 0.6) is 0 Å². The molecule has 1 unspecified atom stereocenters. The fourth-order valence-electron chi connectivity index (χ4n) is 2.35. The molecule has 2 rings (SSSR count). The highest BCUT2D eigenvalue weighted by atomic mass is 32.2. The third-order valence-electron chi connectivity index (χ3n) is 3.89. The zero-order chi connectivity index (χ0) is 20.2. The topological polar surface area (TPSA) is 109 Å². The van der Waals surface area contributed by atoms with Gasteiger partial charge in [0.1, 0.15) is 0 Å². The van der Waals surface area contributed by atoms with E-state index >= 15 is 0 Å². The summed E-state index contributed by atoms with van der Waals surface area (Å²) in [5.41, 5.74) is 1.33. The van der Waals surface area contributed by atoms with Gasteiger partial charge < -0.3 is 5.32 Å². The molecule has 0 aliphatic carbocycles. The molecule has 0 heterocycles. The van der Waals surface area contributed by atoms with Crippen LogP contribution in [0.2, 0.25) is 0 Å². The summed E-state index contributed by atoms with van der Waals surface area (Å²) in [5.74, 6) is -0.109. The molecule has 1 atom stereocenters. The van der Waals surface area contributed by atoms with Crippen LogP contribution in [0.15, 0.2) is 58.3 Å². The molecule has 2 aromatic carbocycles. The minimum absolute atomic E-state index is 0.0611. The first-order valence-electron chi connectivity index (χ1n) is 8.25. The smallest absolute Gasteiger partial charge is 0.241 e. The van der Waals surface area contributed by atoms with Crippen LogP contribution in [0.4, 0.5) is 5.69 Å². The normalized spacial score (nSPS) is 13.1. The van der Waals surface area contributed by atoms with Crippen molar-refractivity contribution in [2.45, 2.75) is 36.1 Å². The van der Waals surface area contributed by atoms with Crippen LogP contribution in [0, 0.1) is 0 Å². The van der Waals surface area contributed by atoms with E-state index in [0.717, 1.165) is 12.3 Å². The molecule has 1 amide bonds. The van der Waals surface area contributed by atoms with Gasteiger partial charge in [0.25, 0.3) is 0 Å². The van der Waals surface area contributed by atoms with E-state index in [1.165, 1.54) is 18.2 Å². The maximum absolute atomic E-state index is 12.6. The van der Waals surface area contributed by atoms with Crippen molar-refractivity contribution >= 4 is 31.5 Å².